The van der Waals surface area contributed by atoms with Crippen LogP contribution in [0.25, 0.3) is 0 Å². The normalized spacial score (nSPS) is 12.5. The summed E-state index contributed by atoms with van der Waals surface area (Å²) in [5, 5.41) is 13.8. The Hall–Kier alpha value is -3.27. The maximum atomic E-state index is 12.4. The van der Waals surface area contributed by atoms with Gasteiger partial charge < -0.3 is 14.8 Å². The Morgan fingerprint density at radius 3 is 2.52 bits per heavy atom. The second kappa shape index (κ2) is 10.2. The molecule has 0 spiro atoms. The van der Waals surface area contributed by atoms with E-state index in [9.17, 15) is 24.5 Å². The summed E-state index contributed by atoms with van der Waals surface area (Å²) in [5.74, 6) is -1.66. The van der Waals surface area contributed by atoms with Crippen molar-refractivity contribution in [1.29, 1.82) is 0 Å². The van der Waals surface area contributed by atoms with Crippen molar-refractivity contribution in [2.45, 2.75) is 39.0 Å². The predicted octanol–water partition coefficient (Wildman–Crippen LogP) is 3.44. The average Bonchev–Trinajstić information content (AvgIpc) is 3.10. The number of rotatable bonds is 8. The highest BCUT2D eigenvalue weighted by atomic mass is 32.1. The van der Waals surface area contributed by atoms with Crippen LogP contribution in [0.3, 0.4) is 0 Å². The van der Waals surface area contributed by atoms with Crippen molar-refractivity contribution in [1.82, 2.24) is 0 Å². The smallest absolute Gasteiger partial charge is 0.341 e. The first-order chi connectivity index (χ1) is 14.9. The van der Waals surface area contributed by atoms with Crippen LogP contribution >= 0.6 is 11.3 Å². The standard InChI is InChI=1S/C21H22N2O7S/c1-2-29-21(26)19-15-5-3-4-6-16(15)31-20(19)22-17(24)12-30-18(25)11-13-7-9-14(10-8-13)23(27)28/h7-10H,2-6,11-12H2,1H3,(H,22,24). The van der Waals surface area contributed by atoms with Gasteiger partial charge in [0.25, 0.3) is 11.6 Å². The maximum absolute atomic E-state index is 12.4. The molecule has 1 heterocycles. The quantitative estimate of drug-likeness (QED) is 0.374. The van der Waals surface area contributed by atoms with Crippen LogP contribution in [-0.2, 0) is 38.3 Å². The molecule has 0 unspecified atom stereocenters. The second-order valence-corrected chi connectivity index (χ2v) is 8.05. The molecule has 1 aliphatic carbocycles. The van der Waals surface area contributed by atoms with Crippen molar-refractivity contribution in [2.24, 2.45) is 0 Å². The van der Waals surface area contributed by atoms with Gasteiger partial charge in [-0.2, -0.15) is 0 Å². The van der Waals surface area contributed by atoms with Gasteiger partial charge in [-0.3, -0.25) is 19.7 Å². The molecule has 164 valence electrons. The van der Waals surface area contributed by atoms with Gasteiger partial charge in [-0.1, -0.05) is 12.1 Å². The molecule has 10 heteroatoms. The monoisotopic (exact) mass is 446 g/mol. The molecule has 0 aliphatic heterocycles. The molecular formula is C21H22N2O7S. The van der Waals surface area contributed by atoms with Crippen molar-refractivity contribution >= 4 is 39.9 Å². The number of nitrogens with one attached hydrogen (secondary N) is 1. The fourth-order valence-corrected chi connectivity index (χ4v) is 4.63. The highest BCUT2D eigenvalue weighted by molar-refractivity contribution is 7.17. The van der Waals surface area contributed by atoms with Crippen LogP contribution in [0.5, 0.6) is 0 Å². The van der Waals surface area contributed by atoms with Gasteiger partial charge in [0.15, 0.2) is 6.61 Å². The SMILES string of the molecule is CCOC(=O)c1c(NC(=O)COC(=O)Cc2ccc([N+](=O)[O-])cc2)sc2c1CCCC2. The summed E-state index contributed by atoms with van der Waals surface area (Å²) in [7, 11) is 0. The number of non-ortho nitro benzene ring substituents is 1. The number of amides is 1. The largest absolute Gasteiger partial charge is 0.462 e. The third-order valence-corrected chi connectivity index (χ3v) is 5.97. The predicted molar refractivity (Wildman–Crippen MR) is 113 cm³/mol. The molecule has 1 aromatic carbocycles. The van der Waals surface area contributed by atoms with Crippen LogP contribution in [0, 0.1) is 10.1 Å². The van der Waals surface area contributed by atoms with E-state index in [2.05, 4.69) is 5.32 Å². The zero-order chi connectivity index (χ0) is 22.4. The number of hydrogen-bond donors (Lipinski definition) is 1. The maximum Gasteiger partial charge on any atom is 0.341 e. The third-order valence-electron chi connectivity index (χ3n) is 4.76. The number of esters is 2. The fourth-order valence-electron chi connectivity index (χ4n) is 3.34. The van der Waals surface area contributed by atoms with E-state index >= 15 is 0 Å². The number of thiophene rings is 1. The lowest BCUT2D eigenvalue weighted by Crippen LogP contribution is -2.22. The number of carbonyl (C=O) groups is 3. The minimum atomic E-state index is -0.639. The molecule has 0 saturated carbocycles. The van der Waals surface area contributed by atoms with Crippen LogP contribution < -0.4 is 5.32 Å². The molecule has 9 nitrogen and oxygen atoms in total. The molecule has 0 radical (unpaired) electrons. The van der Waals surface area contributed by atoms with Crippen LogP contribution in [0.2, 0.25) is 0 Å². The average molecular weight is 446 g/mol. The molecule has 1 aromatic heterocycles. The zero-order valence-electron chi connectivity index (χ0n) is 17.0. The van der Waals surface area contributed by atoms with Gasteiger partial charge in [0.05, 0.1) is 23.5 Å². The van der Waals surface area contributed by atoms with E-state index in [1.807, 2.05) is 0 Å². The Kier molecular flexibility index (Phi) is 7.35. The Balaban J connectivity index is 1.59. The minimum Gasteiger partial charge on any atom is -0.462 e. The highest BCUT2D eigenvalue weighted by Crippen LogP contribution is 2.38. The molecular weight excluding hydrogens is 424 g/mol. The summed E-state index contributed by atoms with van der Waals surface area (Å²) in [6.07, 6.45) is 3.51. The summed E-state index contributed by atoms with van der Waals surface area (Å²) < 4.78 is 10.2. The van der Waals surface area contributed by atoms with Crippen LogP contribution in [-0.4, -0.2) is 36.0 Å². The zero-order valence-corrected chi connectivity index (χ0v) is 17.8. The molecule has 1 aliphatic rings. The van der Waals surface area contributed by atoms with E-state index in [0.717, 1.165) is 36.1 Å². The van der Waals surface area contributed by atoms with E-state index in [4.69, 9.17) is 9.47 Å². The Bertz CT molecular complexity index is 998. The minimum absolute atomic E-state index is 0.0763. The number of ether oxygens (including phenoxy) is 2. The summed E-state index contributed by atoms with van der Waals surface area (Å²) in [6, 6.07) is 5.51. The first kappa shape index (κ1) is 22.4. The molecule has 3 rings (SSSR count). The molecule has 1 amide bonds. The van der Waals surface area contributed by atoms with E-state index in [0.29, 0.717) is 16.1 Å². The Morgan fingerprint density at radius 2 is 1.84 bits per heavy atom. The third kappa shape index (κ3) is 5.66. The number of anilines is 1. The summed E-state index contributed by atoms with van der Waals surface area (Å²) in [4.78, 5) is 48.0. The number of carbonyl (C=O) groups excluding carboxylic acids is 3. The summed E-state index contributed by atoms with van der Waals surface area (Å²) >= 11 is 1.36. The van der Waals surface area contributed by atoms with Gasteiger partial charge in [-0.15, -0.1) is 11.3 Å². The number of nitrogens with zero attached hydrogens (tertiary/aromatic N) is 1. The van der Waals surface area contributed by atoms with Crippen molar-refractivity contribution in [2.75, 3.05) is 18.5 Å². The van der Waals surface area contributed by atoms with Gasteiger partial charge >= 0.3 is 11.9 Å². The number of nitro groups is 1. The molecule has 0 fully saturated rings. The highest BCUT2D eigenvalue weighted by Gasteiger charge is 2.27. The fraction of sp³-hybridized carbons (Fsp3) is 0.381. The molecule has 0 saturated heterocycles. The van der Waals surface area contributed by atoms with E-state index in [1.54, 1.807) is 6.92 Å². The Morgan fingerprint density at radius 1 is 1.13 bits per heavy atom. The van der Waals surface area contributed by atoms with Crippen molar-refractivity contribution in [3.63, 3.8) is 0 Å². The van der Waals surface area contributed by atoms with Crippen LogP contribution in [0.4, 0.5) is 10.7 Å². The van der Waals surface area contributed by atoms with Crippen molar-refractivity contribution in [3.05, 3.63) is 55.9 Å². The second-order valence-electron chi connectivity index (χ2n) is 6.94. The topological polar surface area (TPSA) is 125 Å². The summed E-state index contributed by atoms with van der Waals surface area (Å²) in [5.41, 5.74) is 1.78. The van der Waals surface area contributed by atoms with Crippen LogP contribution in [0.1, 0.15) is 46.1 Å². The number of benzene rings is 1. The molecule has 1 N–H and O–H groups in total. The number of fused-ring (bicyclic) bond motifs is 1. The van der Waals surface area contributed by atoms with E-state index < -0.39 is 29.4 Å². The molecule has 2 aromatic rings. The van der Waals surface area contributed by atoms with Gasteiger partial charge in [-0.25, -0.2) is 4.79 Å². The molecule has 0 atom stereocenters. The van der Waals surface area contributed by atoms with Crippen molar-refractivity contribution in [3.8, 4) is 0 Å². The van der Waals surface area contributed by atoms with Crippen molar-refractivity contribution < 1.29 is 28.8 Å². The number of hydrogen-bond acceptors (Lipinski definition) is 8. The lowest BCUT2D eigenvalue weighted by molar-refractivity contribution is -0.384. The first-order valence-electron chi connectivity index (χ1n) is 9.89. The number of aryl methyl sites for hydroxylation is 1. The van der Waals surface area contributed by atoms with Gasteiger partial charge in [0, 0.05) is 17.0 Å². The van der Waals surface area contributed by atoms with Crippen LogP contribution in [0.15, 0.2) is 24.3 Å². The number of nitro benzene ring substituents is 1. The van der Waals surface area contributed by atoms with E-state index in [1.165, 1.54) is 35.6 Å². The lowest BCUT2D eigenvalue weighted by Gasteiger charge is -2.12. The lowest BCUT2D eigenvalue weighted by atomic mass is 9.95. The van der Waals surface area contributed by atoms with Gasteiger partial charge in [-0.05, 0) is 43.7 Å². The summed E-state index contributed by atoms with van der Waals surface area (Å²) in [6.45, 7) is 1.45. The van der Waals surface area contributed by atoms with Gasteiger partial charge in [0.1, 0.15) is 5.00 Å². The van der Waals surface area contributed by atoms with E-state index in [-0.39, 0.29) is 18.7 Å². The first-order valence-corrected chi connectivity index (χ1v) is 10.7. The molecule has 31 heavy (non-hydrogen) atoms. The Labute approximate surface area is 182 Å². The van der Waals surface area contributed by atoms with Gasteiger partial charge in [0.2, 0.25) is 0 Å². The molecule has 0 bridgehead atoms.